The fraction of sp³-hybridized carbons (Fsp3) is 0.500. The second kappa shape index (κ2) is 7.77. The molecule has 1 N–H and O–H groups in total. The highest BCUT2D eigenvalue weighted by Gasteiger charge is 2.35. The van der Waals surface area contributed by atoms with Gasteiger partial charge < -0.3 is 5.11 Å². The summed E-state index contributed by atoms with van der Waals surface area (Å²) in [5, 5.41) is 9.09. The van der Waals surface area contributed by atoms with E-state index in [1.165, 1.54) is 4.31 Å². The Bertz CT molecular complexity index is 831. The van der Waals surface area contributed by atoms with E-state index in [1.807, 2.05) is 0 Å². The molecule has 2 heterocycles. The summed E-state index contributed by atoms with van der Waals surface area (Å²) in [4.78, 5) is 36.8. The number of carboxylic acids is 1. The van der Waals surface area contributed by atoms with Gasteiger partial charge in [-0.1, -0.05) is 12.1 Å². The third-order valence-corrected chi connectivity index (χ3v) is 6.96. The van der Waals surface area contributed by atoms with E-state index >= 15 is 0 Å². The van der Waals surface area contributed by atoms with Crippen LogP contribution in [0.25, 0.3) is 0 Å². The maximum Gasteiger partial charge on any atom is 0.307 e. The Labute approximate surface area is 157 Å². The molecule has 0 radical (unpaired) electrons. The van der Waals surface area contributed by atoms with Crippen LogP contribution in [-0.2, 0) is 14.8 Å². The average Bonchev–Trinajstić information content (AvgIpc) is 2.90. The highest BCUT2D eigenvalue weighted by molar-refractivity contribution is 7.89. The van der Waals surface area contributed by atoms with Crippen molar-refractivity contribution in [2.24, 2.45) is 5.92 Å². The van der Waals surface area contributed by atoms with Gasteiger partial charge in [0.15, 0.2) is 0 Å². The van der Waals surface area contributed by atoms with E-state index in [9.17, 15) is 22.8 Å². The molecule has 1 atom stereocenters. The second-order valence-corrected chi connectivity index (χ2v) is 8.95. The molecule has 1 unspecified atom stereocenters. The molecular weight excluding hydrogens is 372 g/mol. The first kappa shape index (κ1) is 19.5. The van der Waals surface area contributed by atoms with Crippen molar-refractivity contribution in [3.05, 3.63) is 35.4 Å². The fourth-order valence-corrected chi connectivity index (χ4v) is 5.16. The molecule has 146 valence electrons. The van der Waals surface area contributed by atoms with Crippen molar-refractivity contribution in [3.63, 3.8) is 0 Å². The Morgan fingerprint density at radius 1 is 1.11 bits per heavy atom. The van der Waals surface area contributed by atoms with Crippen LogP contribution in [0, 0.1) is 5.92 Å². The fourth-order valence-electron chi connectivity index (χ4n) is 3.52. The normalized spacial score (nSPS) is 20.7. The zero-order chi connectivity index (χ0) is 19.6. The molecule has 1 fully saturated rings. The Morgan fingerprint density at radius 2 is 1.74 bits per heavy atom. The van der Waals surface area contributed by atoms with E-state index in [-0.39, 0.29) is 30.7 Å². The number of amides is 2. The number of hydrogen-bond donors (Lipinski definition) is 1. The Hall–Kier alpha value is -2.26. The predicted molar refractivity (Wildman–Crippen MR) is 96.8 cm³/mol. The SMILES string of the molecule is O=C(O)C1CCCN(S(=O)(=O)CCCCN2C(=O)c3ccccc3C2=O)C1. The van der Waals surface area contributed by atoms with Crippen molar-refractivity contribution >= 4 is 27.8 Å². The third kappa shape index (κ3) is 4.03. The standard InChI is InChI=1S/C18H22N2O6S/c21-16-14-7-1-2-8-15(14)17(22)20(16)10-3-4-11-27(25,26)19-9-5-6-13(12-19)18(23)24/h1-2,7-8,13H,3-6,9-12H2,(H,23,24). The molecule has 0 bridgehead atoms. The summed E-state index contributed by atoms with van der Waals surface area (Å²) < 4.78 is 26.1. The number of hydrogen-bond acceptors (Lipinski definition) is 5. The molecule has 2 aliphatic heterocycles. The lowest BCUT2D eigenvalue weighted by molar-refractivity contribution is -0.142. The molecule has 8 nitrogen and oxygen atoms in total. The number of carboxylic acid groups (broad SMARTS) is 1. The minimum Gasteiger partial charge on any atom is -0.481 e. The van der Waals surface area contributed by atoms with Gasteiger partial charge in [0.2, 0.25) is 10.0 Å². The molecule has 0 saturated carbocycles. The molecule has 1 aromatic carbocycles. The van der Waals surface area contributed by atoms with E-state index in [0.29, 0.717) is 43.4 Å². The molecule has 2 aliphatic rings. The number of rotatable bonds is 7. The van der Waals surface area contributed by atoms with Crippen LogP contribution >= 0.6 is 0 Å². The number of benzene rings is 1. The van der Waals surface area contributed by atoms with Crippen LogP contribution in [0.5, 0.6) is 0 Å². The number of carbonyl (C=O) groups is 3. The summed E-state index contributed by atoms with van der Waals surface area (Å²) >= 11 is 0. The third-order valence-electron chi connectivity index (χ3n) is 5.04. The van der Waals surface area contributed by atoms with Crippen molar-refractivity contribution in [2.75, 3.05) is 25.4 Å². The number of carbonyl (C=O) groups excluding carboxylic acids is 2. The van der Waals surface area contributed by atoms with E-state index < -0.39 is 21.9 Å². The van der Waals surface area contributed by atoms with Gasteiger partial charge in [-0.05, 0) is 37.8 Å². The molecule has 27 heavy (non-hydrogen) atoms. The van der Waals surface area contributed by atoms with Gasteiger partial charge in [0.1, 0.15) is 0 Å². The van der Waals surface area contributed by atoms with Crippen molar-refractivity contribution in [3.8, 4) is 0 Å². The lowest BCUT2D eigenvalue weighted by atomic mass is 10.0. The van der Waals surface area contributed by atoms with Crippen molar-refractivity contribution in [1.29, 1.82) is 0 Å². The van der Waals surface area contributed by atoms with Gasteiger partial charge in [-0.25, -0.2) is 12.7 Å². The topological polar surface area (TPSA) is 112 Å². The number of fused-ring (bicyclic) bond motifs is 1. The van der Waals surface area contributed by atoms with Crippen molar-refractivity contribution in [2.45, 2.75) is 25.7 Å². The highest BCUT2D eigenvalue weighted by atomic mass is 32.2. The summed E-state index contributed by atoms with van der Waals surface area (Å²) in [6.45, 7) is 0.514. The van der Waals surface area contributed by atoms with Gasteiger partial charge in [-0.15, -0.1) is 0 Å². The van der Waals surface area contributed by atoms with Gasteiger partial charge in [-0.2, -0.15) is 0 Å². The Morgan fingerprint density at radius 3 is 2.33 bits per heavy atom. The average molecular weight is 394 g/mol. The molecule has 3 rings (SSSR count). The summed E-state index contributed by atoms with van der Waals surface area (Å²) in [6.07, 6.45) is 1.69. The molecule has 2 amide bonds. The molecule has 1 aromatic rings. The maximum atomic E-state index is 12.4. The first-order valence-corrected chi connectivity index (χ1v) is 10.6. The van der Waals surface area contributed by atoms with Crippen molar-refractivity contribution in [1.82, 2.24) is 9.21 Å². The number of nitrogens with zero attached hydrogens (tertiary/aromatic N) is 2. The lowest BCUT2D eigenvalue weighted by Gasteiger charge is -2.29. The summed E-state index contributed by atoms with van der Waals surface area (Å²) in [6, 6.07) is 6.61. The van der Waals surface area contributed by atoms with E-state index in [1.54, 1.807) is 24.3 Å². The summed E-state index contributed by atoms with van der Waals surface area (Å²) in [5.41, 5.74) is 0.756. The first-order valence-electron chi connectivity index (χ1n) is 8.97. The predicted octanol–water partition coefficient (Wildman–Crippen LogP) is 1.19. The number of imide groups is 1. The van der Waals surface area contributed by atoms with Gasteiger partial charge in [-0.3, -0.25) is 19.3 Å². The van der Waals surface area contributed by atoms with Gasteiger partial charge in [0.25, 0.3) is 11.8 Å². The number of piperidine rings is 1. The zero-order valence-electron chi connectivity index (χ0n) is 14.8. The van der Waals surface area contributed by atoms with Crippen LogP contribution in [0.3, 0.4) is 0 Å². The minimum atomic E-state index is -3.54. The highest BCUT2D eigenvalue weighted by Crippen LogP contribution is 2.23. The van der Waals surface area contributed by atoms with Crippen LogP contribution in [-0.4, -0.2) is 65.9 Å². The van der Waals surface area contributed by atoms with Gasteiger partial charge >= 0.3 is 5.97 Å². The van der Waals surface area contributed by atoms with E-state index in [2.05, 4.69) is 0 Å². The van der Waals surface area contributed by atoms with E-state index in [4.69, 9.17) is 5.11 Å². The molecular formula is C18H22N2O6S. The molecule has 0 aliphatic carbocycles. The quantitative estimate of drug-likeness (QED) is 0.549. The largest absolute Gasteiger partial charge is 0.481 e. The molecule has 1 saturated heterocycles. The number of aliphatic carboxylic acids is 1. The lowest BCUT2D eigenvalue weighted by Crippen LogP contribution is -2.43. The van der Waals surface area contributed by atoms with Crippen LogP contribution in [0.15, 0.2) is 24.3 Å². The summed E-state index contributed by atoms with van der Waals surface area (Å²) in [7, 11) is -3.54. The van der Waals surface area contributed by atoms with Gasteiger partial charge in [0.05, 0.1) is 22.8 Å². The number of unbranched alkanes of at least 4 members (excludes halogenated alkanes) is 1. The number of sulfonamides is 1. The summed E-state index contributed by atoms with van der Waals surface area (Å²) in [5.74, 6) is -2.45. The van der Waals surface area contributed by atoms with E-state index in [0.717, 1.165) is 4.90 Å². The first-order chi connectivity index (χ1) is 12.8. The monoisotopic (exact) mass is 394 g/mol. The molecule has 0 spiro atoms. The smallest absolute Gasteiger partial charge is 0.307 e. The molecule has 0 aromatic heterocycles. The van der Waals surface area contributed by atoms with Gasteiger partial charge in [0, 0.05) is 19.6 Å². The maximum absolute atomic E-state index is 12.4. The zero-order valence-corrected chi connectivity index (χ0v) is 15.7. The van der Waals surface area contributed by atoms with Crippen LogP contribution in [0.4, 0.5) is 0 Å². The van der Waals surface area contributed by atoms with Crippen LogP contribution in [0.2, 0.25) is 0 Å². The minimum absolute atomic E-state index is 0.00999. The van der Waals surface area contributed by atoms with Crippen LogP contribution < -0.4 is 0 Å². The second-order valence-electron chi connectivity index (χ2n) is 6.87. The Balaban J connectivity index is 1.51. The van der Waals surface area contributed by atoms with Crippen molar-refractivity contribution < 1.29 is 27.9 Å². The molecule has 9 heteroatoms. The Kier molecular flexibility index (Phi) is 5.61. The van der Waals surface area contributed by atoms with Crippen LogP contribution in [0.1, 0.15) is 46.4 Å².